The molecule has 2 nitrogen and oxygen atoms in total. The van der Waals surface area contributed by atoms with Gasteiger partial charge < -0.3 is 5.32 Å². The first-order valence-corrected chi connectivity index (χ1v) is 6.74. The number of benzene rings is 1. The molecule has 1 fully saturated rings. The Bertz CT molecular complexity index is 432. The second-order valence-corrected chi connectivity index (χ2v) is 5.40. The van der Waals surface area contributed by atoms with Crippen molar-refractivity contribution in [3.05, 3.63) is 35.6 Å². The lowest BCUT2D eigenvalue weighted by Crippen LogP contribution is -2.31. The van der Waals surface area contributed by atoms with Crippen LogP contribution in [0.15, 0.2) is 24.3 Å². The summed E-state index contributed by atoms with van der Waals surface area (Å²) < 4.78 is 13.0. The Morgan fingerprint density at radius 2 is 2.22 bits per heavy atom. The van der Waals surface area contributed by atoms with Crippen molar-refractivity contribution in [2.75, 3.05) is 12.4 Å². The van der Waals surface area contributed by atoms with Crippen LogP contribution in [-0.4, -0.2) is 18.3 Å². The van der Waals surface area contributed by atoms with E-state index >= 15 is 0 Å². The van der Waals surface area contributed by atoms with Crippen molar-refractivity contribution < 1.29 is 9.18 Å². The first kappa shape index (κ1) is 13.3. The summed E-state index contributed by atoms with van der Waals surface area (Å²) in [5.74, 6) is 0.280. The van der Waals surface area contributed by atoms with Gasteiger partial charge in [-0.1, -0.05) is 12.1 Å². The van der Waals surface area contributed by atoms with Gasteiger partial charge in [-0.15, -0.1) is 11.6 Å². The second kappa shape index (κ2) is 5.70. The Morgan fingerprint density at radius 1 is 1.44 bits per heavy atom. The summed E-state index contributed by atoms with van der Waals surface area (Å²) in [7, 11) is 0. The molecule has 2 rings (SSSR count). The van der Waals surface area contributed by atoms with Gasteiger partial charge in [-0.2, -0.15) is 0 Å². The van der Waals surface area contributed by atoms with Crippen molar-refractivity contribution in [3.8, 4) is 0 Å². The molecule has 0 saturated heterocycles. The van der Waals surface area contributed by atoms with Crippen LogP contribution < -0.4 is 5.32 Å². The maximum atomic E-state index is 13.0. The third kappa shape index (κ3) is 3.70. The fourth-order valence-corrected chi connectivity index (χ4v) is 2.47. The van der Waals surface area contributed by atoms with Crippen LogP contribution in [0.2, 0.25) is 0 Å². The van der Waals surface area contributed by atoms with E-state index < -0.39 is 0 Å². The van der Waals surface area contributed by atoms with Gasteiger partial charge in [-0.3, -0.25) is 4.79 Å². The molecule has 1 aromatic carbocycles. The number of hydrogen-bond acceptors (Lipinski definition) is 1. The number of hydrogen-bond donors (Lipinski definition) is 1. The highest BCUT2D eigenvalue weighted by Gasteiger charge is 2.41. The molecular weight excluding hydrogens is 253 g/mol. The standard InChI is InChI=1S/C14H17ClFNO/c15-7-6-14(4-5-14)10-17-13(18)9-11-2-1-3-12(16)8-11/h1-3,8H,4-7,9-10H2,(H,17,18). The predicted molar refractivity (Wildman–Crippen MR) is 70.1 cm³/mol. The van der Waals surface area contributed by atoms with Gasteiger partial charge in [0.2, 0.25) is 5.91 Å². The van der Waals surface area contributed by atoms with Gasteiger partial charge in [0.05, 0.1) is 6.42 Å². The van der Waals surface area contributed by atoms with Gasteiger partial charge in [-0.25, -0.2) is 4.39 Å². The van der Waals surface area contributed by atoms with Gasteiger partial charge in [0.25, 0.3) is 0 Å². The third-order valence-corrected chi connectivity index (χ3v) is 3.69. The summed E-state index contributed by atoms with van der Waals surface area (Å²) in [4.78, 5) is 11.7. The van der Waals surface area contributed by atoms with Crippen molar-refractivity contribution in [2.45, 2.75) is 25.7 Å². The zero-order chi connectivity index (χ0) is 13.0. The molecule has 1 aliphatic carbocycles. The van der Waals surface area contributed by atoms with Gasteiger partial charge in [-0.05, 0) is 42.4 Å². The molecule has 1 saturated carbocycles. The zero-order valence-corrected chi connectivity index (χ0v) is 11.0. The van der Waals surface area contributed by atoms with Crippen molar-refractivity contribution >= 4 is 17.5 Å². The smallest absolute Gasteiger partial charge is 0.224 e. The van der Waals surface area contributed by atoms with Crippen LogP contribution in [0.3, 0.4) is 0 Å². The van der Waals surface area contributed by atoms with Crippen LogP contribution in [0.5, 0.6) is 0 Å². The van der Waals surface area contributed by atoms with Crippen molar-refractivity contribution in [2.24, 2.45) is 5.41 Å². The average molecular weight is 270 g/mol. The van der Waals surface area contributed by atoms with Gasteiger partial charge >= 0.3 is 0 Å². The molecule has 0 bridgehead atoms. The Balaban J connectivity index is 1.79. The van der Waals surface area contributed by atoms with Crippen LogP contribution in [0.25, 0.3) is 0 Å². The number of nitrogens with one attached hydrogen (secondary N) is 1. The quantitative estimate of drug-likeness (QED) is 0.791. The fraction of sp³-hybridized carbons (Fsp3) is 0.500. The van der Waals surface area contributed by atoms with E-state index in [0.717, 1.165) is 19.3 Å². The molecule has 0 radical (unpaired) electrons. The predicted octanol–water partition coefficient (Wildman–Crippen LogP) is 2.89. The number of carbonyl (C=O) groups excluding carboxylic acids is 1. The molecule has 0 unspecified atom stereocenters. The molecule has 0 atom stereocenters. The lowest BCUT2D eigenvalue weighted by molar-refractivity contribution is -0.120. The molecule has 1 N–H and O–H groups in total. The van der Waals surface area contributed by atoms with E-state index in [-0.39, 0.29) is 23.6 Å². The Labute approximate surface area is 112 Å². The van der Waals surface area contributed by atoms with Crippen molar-refractivity contribution in [1.29, 1.82) is 0 Å². The molecule has 98 valence electrons. The number of alkyl halides is 1. The van der Waals surface area contributed by atoms with Gasteiger partial charge in [0, 0.05) is 12.4 Å². The topological polar surface area (TPSA) is 29.1 Å². The number of carbonyl (C=O) groups is 1. The summed E-state index contributed by atoms with van der Waals surface area (Å²) in [5.41, 5.74) is 0.939. The van der Waals surface area contributed by atoms with Crippen molar-refractivity contribution in [3.63, 3.8) is 0 Å². The molecule has 1 amide bonds. The minimum absolute atomic E-state index is 0.0542. The summed E-state index contributed by atoms with van der Waals surface area (Å²) >= 11 is 5.73. The van der Waals surface area contributed by atoms with E-state index in [1.807, 2.05) is 0 Å². The Morgan fingerprint density at radius 3 is 2.83 bits per heavy atom. The molecular formula is C14H17ClFNO. The molecule has 0 spiro atoms. The lowest BCUT2D eigenvalue weighted by Gasteiger charge is -2.14. The van der Waals surface area contributed by atoms with E-state index in [2.05, 4.69) is 5.32 Å². The normalized spacial score (nSPS) is 16.3. The highest BCUT2D eigenvalue weighted by atomic mass is 35.5. The Hall–Kier alpha value is -1.09. The Kier molecular flexibility index (Phi) is 4.23. The van der Waals surface area contributed by atoms with Crippen LogP contribution >= 0.6 is 11.6 Å². The largest absolute Gasteiger partial charge is 0.355 e. The summed E-state index contributed by atoms with van der Waals surface area (Å²) in [6, 6.07) is 6.15. The molecule has 1 aliphatic rings. The molecule has 0 aliphatic heterocycles. The third-order valence-electron chi connectivity index (χ3n) is 3.50. The summed E-state index contributed by atoms with van der Waals surface area (Å²) in [5, 5.41) is 2.92. The van der Waals surface area contributed by atoms with E-state index in [0.29, 0.717) is 18.0 Å². The van der Waals surface area contributed by atoms with E-state index in [1.165, 1.54) is 12.1 Å². The highest BCUT2D eigenvalue weighted by Crippen LogP contribution is 2.48. The van der Waals surface area contributed by atoms with Crippen LogP contribution in [0.1, 0.15) is 24.8 Å². The summed E-state index contributed by atoms with van der Waals surface area (Å²) in [6.07, 6.45) is 3.46. The van der Waals surface area contributed by atoms with Crippen molar-refractivity contribution in [1.82, 2.24) is 5.32 Å². The second-order valence-electron chi connectivity index (χ2n) is 5.02. The minimum Gasteiger partial charge on any atom is -0.355 e. The molecule has 0 heterocycles. The van der Waals surface area contributed by atoms with E-state index in [9.17, 15) is 9.18 Å². The van der Waals surface area contributed by atoms with Crippen LogP contribution in [-0.2, 0) is 11.2 Å². The van der Waals surface area contributed by atoms with Gasteiger partial charge in [0.1, 0.15) is 5.82 Å². The highest BCUT2D eigenvalue weighted by molar-refractivity contribution is 6.17. The first-order valence-electron chi connectivity index (χ1n) is 6.21. The molecule has 4 heteroatoms. The average Bonchev–Trinajstić information content (AvgIpc) is 3.08. The first-order chi connectivity index (χ1) is 8.63. The van der Waals surface area contributed by atoms with E-state index in [1.54, 1.807) is 12.1 Å². The van der Waals surface area contributed by atoms with Crippen LogP contribution in [0, 0.1) is 11.2 Å². The van der Waals surface area contributed by atoms with Gasteiger partial charge in [0.15, 0.2) is 0 Å². The zero-order valence-electron chi connectivity index (χ0n) is 10.2. The van der Waals surface area contributed by atoms with Crippen LogP contribution in [0.4, 0.5) is 4.39 Å². The number of halogens is 2. The SMILES string of the molecule is O=C(Cc1cccc(F)c1)NCC1(CCCl)CC1. The molecule has 0 aromatic heterocycles. The lowest BCUT2D eigenvalue weighted by atomic mass is 10.0. The van der Waals surface area contributed by atoms with E-state index in [4.69, 9.17) is 11.6 Å². The monoisotopic (exact) mass is 269 g/mol. The fourth-order valence-electron chi connectivity index (χ4n) is 2.07. The maximum absolute atomic E-state index is 13.0. The maximum Gasteiger partial charge on any atom is 0.224 e. The number of rotatable bonds is 6. The molecule has 18 heavy (non-hydrogen) atoms. The molecule has 1 aromatic rings. The number of amides is 1. The summed E-state index contributed by atoms with van der Waals surface area (Å²) in [6.45, 7) is 0.688. The minimum atomic E-state index is -0.305.